The van der Waals surface area contributed by atoms with Gasteiger partial charge in [-0.2, -0.15) is 0 Å². The van der Waals surface area contributed by atoms with Crippen LogP contribution in [0.25, 0.3) is 11.3 Å². The zero-order valence-electron chi connectivity index (χ0n) is 20.6. The number of amides is 1. The molecule has 2 heterocycles. The van der Waals surface area contributed by atoms with Crippen molar-refractivity contribution < 1.29 is 19.2 Å². The third-order valence-electron chi connectivity index (χ3n) is 6.52. The minimum absolute atomic E-state index is 0.176. The highest BCUT2D eigenvalue weighted by Gasteiger charge is 2.46. The Balaban J connectivity index is 1.51. The Hall–Kier alpha value is -2.87. The maximum atomic E-state index is 13.2. The van der Waals surface area contributed by atoms with Crippen molar-refractivity contribution in [1.29, 1.82) is 0 Å². The lowest BCUT2D eigenvalue weighted by molar-refractivity contribution is -0.101. The van der Waals surface area contributed by atoms with E-state index in [9.17, 15) is 14.5 Å². The summed E-state index contributed by atoms with van der Waals surface area (Å²) in [6.07, 6.45) is 3.80. The minimum Gasteiger partial charge on any atom is -0.612 e. The van der Waals surface area contributed by atoms with E-state index < -0.39 is 22.4 Å². The number of benzene rings is 2. The number of rotatable bonds is 7. The molecule has 0 saturated carbocycles. The molecule has 3 atom stereocenters. The van der Waals surface area contributed by atoms with E-state index in [1.54, 1.807) is 31.2 Å². The Labute approximate surface area is 210 Å². The first-order chi connectivity index (χ1) is 16.6. The minimum atomic E-state index is -1.06. The zero-order valence-corrected chi connectivity index (χ0v) is 21.4. The highest BCUT2D eigenvalue weighted by Crippen LogP contribution is 2.42. The van der Waals surface area contributed by atoms with Gasteiger partial charge in [0.15, 0.2) is 4.90 Å². The van der Waals surface area contributed by atoms with E-state index in [4.69, 9.17) is 4.74 Å². The molecule has 6 nitrogen and oxygen atoms in total. The lowest BCUT2D eigenvalue weighted by Crippen LogP contribution is -2.51. The van der Waals surface area contributed by atoms with Gasteiger partial charge >= 0.3 is 6.09 Å². The van der Waals surface area contributed by atoms with E-state index in [0.29, 0.717) is 24.3 Å². The van der Waals surface area contributed by atoms with Gasteiger partial charge in [-0.25, -0.2) is 4.79 Å². The molecular weight excluding hydrogens is 460 g/mol. The molecule has 0 radical (unpaired) electrons. The van der Waals surface area contributed by atoms with Gasteiger partial charge in [0.1, 0.15) is 11.9 Å². The van der Waals surface area contributed by atoms with Gasteiger partial charge in [-0.15, -0.1) is 0 Å². The van der Waals surface area contributed by atoms with Crippen LogP contribution >= 0.6 is 0 Å². The van der Waals surface area contributed by atoms with E-state index in [1.807, 2.05) is 73.7 Å². The van der Waals surface area contributed by atoms with Crippen molar-refractivity contribution >= 4 is 17.3 Å². The largest absolute Gasteiger partial charge is 0.612 e. The standard InChI is InChI=1S/C28H32N2O4S/c1-20(21-10-12-22(13-11-21)25-15-14-24(18-29-25)35(4)33)30-17-16-28(34-26(30)31,19-27(2,3)32)23-8-6-5-7-9-23/h5-15,18,20,32H,16-17,19H2,1-4H3/t20?,28-,35-/m0/s1. The Kier molecular flexibility index (Phi) is 7.22. The Bertz CT molecular complexity index is 1140. The van der Waals surface area contributed by atoms with Crippen LogP contribution in [0, 0.1) is 0 Å². The SMILES string of the molecule is CC(c1ccc(-c2ccc([S@+](C)[O-])cn2)cc1)N1CC[C@](CC(C)(C)O)(c2ccccc2)OC1=O. The molecule has 0 bridgehead atoms. The molecule has 1 aliphatic heterocycles. The number of carbonyl (C=O) groups is 1. The predicted octanol–water partition coefficient (Wildman–Crippen LogP) is 5.45. The summed E-state index contributed by atoms with van der Waals surface area (Å²) in [7, 11) is 0. The van der Waals surface area contributed by atoms with Crippen LogP contribution in [0.2, 0.25) is 0 Å². The molecule has 0 spiro atoms. The fourth-order valence-corrected chi connectivity index (χ4v) is 5.19. The van der Waals surface area contributed by atoms with Crippen LogP contribution in [0.1, 0.15) is 50.8 Å². The van der Waals surface area contributed by atoms with E-state index >= 15 is 0 Å². The molecular formula is C28H32N2O4S. The van der Waals surface area contributed by atoms with Crippen LogP contribution in [0.5, 0.6) is 0 Å². The summed E-state index contributed by atoms with van der Waals surface area (Å²) in [4.78, 5) is 20.1. The fraction of sp³-hybridized carbons (Fsp3) is 0.357. The summed E-state index contributed by atoms with van der Waals surface area (Å²) in [6, 6.07) is 21.2. The topological polar surface area (TPSA) is 85.7 Å². The highest BCUT2D eigenvalue weighted by atomic mass is 32.2. The molecule has 0 aliphatic carbocycles. The number of nitrogens with zero attached hydrogens (tertiary/aromatic N) is 2. The van der Waals surface area contributed by atoms with Crippen LogP contribution in [-0.2, 0) is 21.5 Å². The molecule has 7 heteroatoms. The third kappa shape index (κ3) is 5.69. The van der Waals surface area contributed by atoms with Crippen molar-refractivity contribution in [2.45, 2.75) is 55.8 Å². The molecule has 35 heavy (non-hydrogen) atoms. The molecule has 2 aromatic carbocycles. The summed E-state index contributed by atoms with van der Waals surface area (Å²) >= 11 is -1.06. The first-order valence-corrected chi connectivity index (χ1v) is 13.3. The Morgan fingerprint density at radius 1 is 1.14 bits per heavy atom. The average molecular weight is 493 g/mol. The van der Waals surface area contributed by atoms with Gasteiger partial charge in [0.05, 0.1) is 23.5 Å². The van der Waals surface area contributed by atoms with Crippen LogP contribution in [0.3, 0.4) is 0 Å². The first-order valence-electron chi connectivity index (χ1n) is 11.8. The maximum Gasteiger partial charge on any atom is 0.411 e. The summed E-state index contributed by atoms with van der Waals surface area (Å²) in [5.74, 6) is 0. The molecule has 1 saturated heterocycles. The van der Waals surface area contributed by atoms with Crippen LogP contribution in [0.4, 0.5) is 4.79 Å². The molecule has 3 aromatic rings. The highest BCUT2D eigenvalue weighted by molar-refractivity contribution is 7.90. The van der Waals surface area contributed by atoms with Crippen molar-refractivity contribution in [3.63, 3.8) is 0 Å². The summed E-state index contributed by atoms with van der Waals surface area (Å²) in [6.45, 7) is 5.99. The molecule has 184 valence electrons. The van der Waals surface area contributed by atoms with E-state index in [2.05, 4.69) is 4.98 Å². The van der Waals surface area contributed by atoms with Gasteiger partial charge in [0.25, 0.3) is 0 Å². The van der Waals surface area contributed by atoms with Crippen molar-refractivity contribution in [2.75, 3.05) is 12.8 Å². The molecule has 1 aromatic heterocycles. The van der Waals surface area contributed by atoms with Gasteiger partial charge in [-0.1, -0.05) is 54.6 Å². The van der Waals surface area contributed by atoms with Crippen molar-refractivity contribution in [3.05, 3.63) is 84.1 Å². The summed E-state index contributed by atoms with van der Waals surface area (Å²) in [5.41, 5.74) is 1.79. The average Bonchev–Trinajstić information content (AvgIpc) is 2.83. The number of cyclic esters (lactones) is 1. The van der Waals surface area contributed by atoms with Gasteiger partial charge in [0.2, 0.25) is 0 Å². The molecule has 1 unspecified atom stereocenters. The van der Waals surface area contributed by atoms with Crippen molar-refractivity contribution in [3.8, 4) is 11.3 Å². The number of carbonyl (C=O) groups excluding carboxylic acids is 1. The Morgan fingerprint density at radius 2 is 1.83 bits per heavy atom. The number of aromatic nitrogens is 1. The van der Waals surface area contributed by atoms with Crippen LogP contribution in [0.15, 0.2) is 77.8 Å². The molecule has 4 rings (SSSR count). The quantitative estimate of drug-likeness (QED) is 0.444. The van der Waals surface area contributed by atoms with Gasteiger partial charge < -0.3 is 19.3 Å². The molecule has 1 fully saturated rings. The van der Waals surface area contributed by atoms with E-state index in [0.717, 1.165) is 22.4 Å². The normalized spacial score (nSPS) is 20.3. The zero-order chi connectivity index (χ0) is 25.2. The molecule has 1 amide bonds. The predicted molar refractivity (Wildman–Crippen MR) is 137 cm³/mol. The summed E-state index contributed by atoms with van der Waals surface area (Å²) < 4.78 is 17.7. The second-order valence-corrected chi connectivity index (χ2v) is 11.2. The smallest absolute Gasteiger partial charge is 0.411 e. The van der Waals surface area contributed by atoms with Gasteiger partial charge in [-0.3, -0.25) is 4.98 Å². The fourth-order valence-electron chi connectivity index (χ4n) is 4.72. The molecule has 1 N–H and O–H groups in total. The second-order valence-electron chi connectivity index (χ2n) is 9.79. The lowest BCUT2D eigenvalue weighted by atomic mass is 9.80. The third-order valence-corrected chi connectivity index (χ3v) is 7.42. The van der Waals surface area contributed by atoms with Crippen LogP contribution < -0.4 is 0 Å². The van der Waals surface area contributed by atoms with Crippen molar-refractivity contribution in [1.82, 2.24) is 9.88 Å². The van der Waals surface area contributed by atoms with Gasteiger partial charge in [-0.05, 0) is 55.2 Å². The van der Waals surface area contributed by atoms with E-state index in [1.165, 1.54) is 0 Å². The number of aliphatic hydroxyl groups is 1. The Morgan fingerprint density at radius 3 is 2.37 bits per heavy atom. The monoisotopic (exact) mass is 492 g/mol. The van der Waals surface area contributed by atoms with Gasteiger partial charge in [0, 0.05) is 24.9 Å². The summed E-state index contributed by atoms with van der Waals surface area (Å²) in [5, 5.41) is 10.6. The number of pyridine rings is 1. The maximum absolute atomic E-state index is 13.2. The lowest BCUT2D eigenvalue weighted by Gasteiger charge is -2.45. The number of hydrogen-bond donors (Lipinski definition) is 1. The number of hydrogen-bond acceptors (Lipinski definition) is 5. The first kappa shape index (κ1) is 25.2. The van der Waals surface area contributed by atoms with Crippen LogP contribution in [-0.4, -0.2) is 44.0 Å². The van der Waals surface area contributed by atoms with E-state index in [-0.39, 0.29) is 12.1 Å². The van der Waals surface area contributed by atoms with Crippen molar-refractivity contribution in [2.24, 2.45) is 0 Å². The molecule has 1 aliphatic rings. The number of ether oxygens (including phenoxy) is 1. The second kappa shape index (κ2) is 10.0.